The van der Waals surface area contributed by atoms with E-state index in [1.807, 2.05) is 0 Å². The van der Waals surface area contributed by atoms with Gasteiger partial charge >= 0.3 is 0 Å². The van der Waals surface area contributed by atoms with Crippen LogP contribution in [-0.2, 0) is 0 Å². The molecule has 1 fully saturated rings. The molecule has 0 aromatic rings. The lowest BCUT2D eigenvalue weighted by molar-refractivity contribution is -0.677. The number of quaternary nitrogens is 1. The van der Waals surface area contributed by atoms with Gasteiger partial charge < -0.3 is 3.81 Å². The van der Waals surface area contributed by atoms with Gasteiger partial charge in [-0.3, -0.25) is 0 Å². The van der Waals surface area contributed by atoms with Gasteiger partial charge in [0.05, 0.1) is 0 Å². The van der Waals surface area contributed by atoms with E-state index in [2.05, 4.69) is 0 Å². The van der Waals surface area contributed by atoms with Crippen LogP contribution < -0.4 is 0 Å². The summed E-state index contributed by atoms with van der Waals surface area (Å²) in [5, 5.41) is 0. The quantitative estimate of drug-likeness (QED) is 0.340. The Bertz CT molecular complexity index is 64.1. The summed E-state index contributed by atoms with van der Waals surface area (Å²) in [6.45, 7) is 3.02. The molecule has 0 aliphatic carbocycles. The van der Waals surface area contributed by atoms with Crippen molar-refractivity contribution in [2.24, 2.45) is 0 Å². The van der Waals surface area contributed by atoms with Gasteiger partial charge in [-0.05, 0) is 12.8 Å². The lowest BCUT2D eigenvalue weighted by Crippen LogP contribution is -2.39. The summed E-state index contributed by atoms with van der Waals surface area (Å²) in [4.78, 5) is 0. The minimum absolute atomic E-state index is 1.41. The molecule has 0 unspecified atom stereocenters. The molecule has 0 spiro atoms. The van der Waals surface area contributed by atoms with Crippen molar-refractivity contribution in [2.75, 3.05) is 13.1 Å². The van der Waals surface area contributed by atoms with E-state index in [0.29, 0.717) is 0 Å². The SMILES string of the molecule is [SiH3][N+]1([SiH3])CCCC1. The first-order chi connectivity index (χ1) is 3.21. The highest BCUT2D eigenvalue weighted by Gasteiger charge is 2.17. The second-order valence-corrected chi connectivity index (χ2v) is 9.20. The molecule has 0 amide bonds. The fraction of sp³-hybridized carbons (Fsp3) is 1.00. The predicted octanol–water partition coefficient (Wildman–Crippen LogP) is -1.84. The van der Waals surface area contributed by atoms with Crippen LogP contribution in [0.3, 0.4) is 0 Å². The molecule has 1 heterocycles. The van der Waals surface area contributed by atoms with Crippen LogP contribution >= 0.6 is 0 Å². The maximum Gasteiger partial charge on any atom is 0.221 e. The third kappa shape index (κ3) is 1.40. The summed E-state index contributed by atoms with van der Waals surface area (Å²) in [5.74, 6) is 0. The largest absolute Gasteiger partial charge is 0.459 e. The van der Waals surface area contributed by atoms with E-state index >= 15 is 0 Å². The van der Waals surface area contributed by atoms with E-state index < -0.39 is 0 Å². The van der Waals surface area contributed by atoms with Crippen molar-refractivity contribution >= 4 is 20.8 Å². The van der Waals surface area contributed by atoms with E-state index in [1.54, 1.807) is 0 Å². The molecular weight excluding hydrogens is 118 g/mol. The standard InChI is InChI=1S/C4H14NSi2/c6-5(7)3-1-2-4-5/h1-4H2,6-7H3/q+1. The van der Waals surface area contributed by atoms with Crippen molar-refractivity contribution in [3.8, 4) is 0 Å². The van der Waals surface area contributed by atoms with E-state index in [9.17, 15) is 0 Å². The summed E-state index contributed by atoms with van der Waals surface area (Å²) in [6, 6.07) is 0. The smallest absolute Gasteiger partial charge is 0.221 e. The number of rotatable bonds is 0. The Morgan fingerprint density at radius 2 is 1.43 bits per heavy atom. The maximum atomic E-state index is 1.53. The van der Waals surface area contributed by atoms with Crippen LogP contribution in [0.15, 0.2) is 0 Å². The van der Waals surface area contributed by atoms with Gasteiger partial charge in [0.15, 0.2) is 0 Å². The molecule has 0 N–H and O–H groups in total. The normalized spacial score (nSPS) is 29.1. The molecule has 1 aliphatic heterocycles. The Morgan fingerprint density at radius 1 is 1.00 bits per heavy atom. The highest BCUT2D eigenvalue weighted by molar-refractivity contribution is 6.14. The Morgan fingerprint density at radius 3 is 1.57 bits per heavy atom. The molecule has 0 aromatic carbocycles. The van der Waals surface area contributed by atoms with Crippen molar-refractivity contribution in [1.29, 1.82) is 0 Å². The molecule has 3 heteroatoms. The lowest BCUT2D eigenvalue weighted by Gasteiger charge is -2.26. The van der Waals surface area contributed by atoms with Crippen LogP contribution in [0.4, 0.5) is 0 Å². The second kappa shape index (κ2) is 1.72. The van der Waals surface area contributed by atoms with Crippen LogP contribution in [-0.4, -0.2) is 37.7 Å². The average molecular weight is 132 g/mol. The molecule has 42 valence electrons. The Labute approximate surface area is 51.3 Å². The molecule has 1 nitrogen and oxygen atoms in total. The van der Waals surface area contributed by atoms with Crippen LogP contribution in [0.25, 0.3) is 0 Å². The second-order valence-electron chi connectivity index (χ2n) is 3.09. The summed E-state index contributed by atoms with van der Waals surface area (Å²) in [7, 11) is 2.82. The highest BCUT2D eigenvalue weighted by Crippen LogP contribution is 2.09. The number of hydrogen-bond acceptors (Lipinski definition) is 0. The van der Waals surface area contributed by atoms with Crippen molar-refractivity contribution in [3.63, 3.8) is 0 Å². The number of nitrogens with zero attached hydrogens (tertiary/aromatic N) is 1. The zero-order chi connectivity index (χ0) is 5.33. The summed E-state index contributed by atoms with van der Waals surface area (Å²) >= 11 is 0. The molecule has 1 aliphatic rings. The van der Waals surface area contributed by atoms with Crippen molar-refractivity contribution in [2.45, 2.75) is 12.8 Å². The predicted molar refractivity (Wildman–Crippen MR) is 39.1 cm³/mol. The fourth-order valence-electron chi connectivity index (χ4n) is 1.19. The highest BCUT2D eigenvalue weighted by atomic mass is 28.2. The third-order valence-corrected chi connectivity index (χ3v) is 3.57. The van der Waals surface area contributed by atoms with E-state index in [1.165, 1.54) is 50.6 Å². The van der Waals surface area contributed by atoms with E-state index in [0.717, 1.165) is 0 Å². The lowest BCUT2D eigenvalue weighted by atomic mass is 10.4. The molecule has 0 atom stereocenters. The zero-order valence-electron chi connectivity index (χ0n) is 5.28. The van der Waals surface area contributed by atoms with Gasteiger partial charge in [-0.1, -0.05) is 0 Å². The topological polar surface area (TPSA) is 0 Å². The minimum Gasteiger partial charge on any atom is -0.459 e. The van der Waals surface area contributed by atoms with Crippen LogP contribution in [0, 0.1) is 0 Å². The zero-order valence-corrected chi connectivity index (χ0v) is 9.28. The first-order valence-electron chi connectivity index (χ1n) is 3.03. The van der Waals surface area contributed by atoms with Crippen LogP contribution in [0.5, 0.6) is 0 Å². The molecule has 7 heavy (non-hydrogen) atoms. The van der Waals surface area contributed by atoms with E-state index in [4.69, 9.17) is 0 Å². The Balaban J connectivity index is 2.40. The summed E-state index contributed by atoms with van der Waals surface area (Å²) in [5.41, 5.74) is 0. The van der Waals surface area contributed by atoms with Crippen molar-refractivity contribution in [3.05, 3.63) is 0 Å². The molecule has 1 rings (SSSR count). The van der Waals surface area contributed by atoms with Gasteiger partial charge in [-0.2, -0.15) is 0 Å². The number of hydrogen-bond donors (Lipinski definition) is 0. The van der Waals surface area contributed by atoms with Crippen LogP contribution in [0.1, 0.15) is 12.8 Å². The van der Waals surface area contributed by atoms with Gasteiger partial charge in [0.1, 0.15) is 0 Å². The van der Waals surface area contributed by atoms with Crippen molar-refractivity contribution in [1.82, 2.24) is 0 Å². The Hall–Kier alpha value is 0.394. The first-order valence-corrected chi connectivity index (χ1v) is 4.82. The summed E-state index contributed by atoms with van der Waals surface area (Å²) < 4.78 is 1.53. The molecule has 1 saturated heterocycles. The van der Waals surface area contributed by atoms with E-state index in [-0.39, 0.29) is 0 Å². The molecule has 0 bridgehead atoms. The van der Waals surface area contributed by atoms with Gasteiger partial charge in [-0.25, -0.2) is 0 Å². The van der Waals surface area contributed by atoms with Gasteiger partial charge in [0, 0.05) is 13.1 Å². The fourth-order valence-corrected chi connectivity index (χ4v) is 2.46. The monoisotopic (exact) mass is 132 g/mol. The molecule has 0 radical (unpaired) electrons. The first kappa shape index (κ1) is 5.53. The van der Waals surface area contributed by atoms with Gasteiger partial charge in [0.2, 0.25) is 20.8 Å². The Kier molecular flexibility index (Phi) is 1.36. The molecular formula is C4H14NSi2+. The third-order valence-electron chi connectivity index (χ3n) is 1.78. The average Bonchev–Trinajstić information content (AvgIpc) is 1.84. The molecule has 0 aromatic heterocycles. The van der Waals surface area contributed by atoms with Crippen molar-refractivity contribution < 1.29 is 3.81 Å². The van der Waals surface area contributed by atoms with Gasteiger partial charge in [-0.15, -0.1) is 0 Å². The van der Waals surface area contributed by atoms with Gasteiger partial charge in [0.25, 0.3) is 0 Å². The van der Waals surface area contributed by atoms with Crippen LogP contribution in [0.2, 0.25) is 0 Å². The minimum atomic E-state index is 1.41. The summed E-state index contributed by atoms with van der Waals surface area (Å²) in [6.07, 6.45) is 3.01. The molecule has 0 saturated carbocycles. The maximum absolute atomic E-state index is 1.53.